The maximum absolute atomic E-state index is 12.2. The van der Waals surface area contributed by atoms with Crippen molar-refractivity contribution in [1.82, 2.24) is 0 Å². The quantitative estimate of drug-likeness (QED) is 0.929. The lowest BCUT2D eigenvalue weighted by Crippen LogP contribution is -2.20. The highest BCUT2D eigenvalue weighted by molar-refractivity contribution is 7.91. The first kappa shape index (κ1) is 12.3. The maximum atomic E-state index is 12.2. The van der Waals surface area contributed by atoms with Crippen LogP contribution >= 0.6 is 11.3 Å². The Morgan fingerprint density at radius 3 is 2.35 bits per heavy atom. The number of hydrogen-bond donors (Lipinski definition) is 1. The second-order valence-electron chi connectivity index (χ2n) is 3.79. The first-order valence-electron chi connectivity index (χ1n) is 5.11. The number of aryl methyl sites for hydroxylation is 1. The molecule has 0 bridgehead atoms. The van der Waals surface area contributed by atoms with Gasteiger partial charge in [-0.15, -0.1) is 11.3 Å². The van der Waals surface area contributed by atoms with E-state index in [9.17, 15) is 8.42 Å². The van der Waals surface area contributed by atoms with Crippen molar-refractivity contribution >= 4 is 21.2 Å². The van der Waals surface area contributed by atoms with E-state index in [0.29, 0.717) is 4.88 Å². The molecule has 0 aliphatic carbocycles. The molecule has 2 rings (SSSR count). The molecule has 1 heterocycles. The van der Waals surface area contributed by atoms with Crippen molar-refractivity contribution in [1.29, 1.82) is 0 Å². The minimum absolute atomic E-state index is 0.268. The zero-order chi connectivity index (χ0) is 12.5. The number of benzene rings is 1. The summed E-state index contributed by atoms with van der Waals surface area (Å²) in [5.41, 5.74) is 6.83. The third-order valence-corrected chi connectivity index (χ3v) is 5.46. The van der Waals surface area contributed by atoms with Crippen LogP contribution in [0.1, 0.15) is 15.8 Å². The van der Waals surface area contributed by atoms with Crippen LogP contribution in [0.4, 0.5) is 0 Å². The fourth-order valence-electron chi connectivity index (χ4n) is 1.48. The summed E-state index contributed by atoms with van der Waals surface area (Å²) in [4.78, 5) is 0.926. The number of sulfone groups is 1. The van der Waals surface area contributed by atoms with Crippen molar-refractivity contribution in [2.24, 2.45) is 5.73 Å². The van der Waals surface area contributed by atoms with Crippen LogP contribution in [0.2, 0.25) is 0 Å². The average molecular weight is 267 g/mol. The minimum Gasteiger partial charge on any atom is -0.310 e. The SMILES string of the molecule is Cc1ccc(S(=O)(=O)C(N)c2cccs2)cc1. The standard InChI is InChI=1S/C12H13NO2S2/c1-9-4-6-10(7-5-9)17(14,15)12(13)11-3-2-8-16-11/h2-8,12H,13H2,1H3. The minimum atomic E-state index is -3.49. The molecule has 2 N–H and O–H groups in total. The van der Waals surface area contributed by atoms with Crippen molar-refractivity contribution in [2.45, 2.75) is 17.2 Å². The fourth-order valence-corrected chi connectivity index (χ4v) is 3.83. The molecule has 17 heavy (non-hydrogen) atoms. The van der Waals surface area contributed by atoms with Gasteiger partial charge < -0.3 is 5.73 Å². The summed E-state index contributed by atoms with van der Waals surface area (Å²) in [6.45, 7) is 1.91. The molecule has 5 heteroatoms. The van der Waals surface area contributed by atoms with Crippen molar-refractivity contribution in [3.05, 3.63) is 52.2 Å². The Balaban J connectivity index is 2.40. The van der Waals surface area contributed by atoms with Gasteiger partial charge in [-0.2, -0.15) is 0 Å². The summed E-state index contributed by atoms with van der Waals surface area (Å²) >= 11 is 1.35. The van der Waals surface area contributed by atoms with Crippen molar-refractivity contribution < 1.29 is 8.42 Å². The largest absolute Gasteiger partial charge is 0.310 e. The Bertz CT molecular complexity index is 586. The lowest BCUT2D eigenvalue weighted by Gasteiger charge is -2.11. The van der Waals surface area contributed by atoms with Crippen LogP contribution in [0.3, 0.4) is 0 Å². The highest BCUT2D eigenvalue weighted by atomic mass is 32.2. The van der Waals surface area contributed by atoms with Gasteiger partial charge in [0.1, 0.15) is 5.37 Å². The number of hydrogen-bond acceptors (Lipinski definition) is 4. The van der Waals surface area contributed by atoms with Gasteiger partial charge in [-0.1, -0.05) is 23.8 Å². The fraction of sp³-hybridized carbons (Fsp3) is 0.167. The summed E-state index contributed by atoms with van der Waals surface area (Å²) in [6, 6.07) is 10.3. The van der Waals surface area contributed by atoms with Gasteiger partial charge in [0.05, 0.1) is 4.90 Å². The first-order valence-corrected chi connectivity index (χ1v) is 7.54. The number of rotatable bonds is 3. The molecule has 0 spiro atoms. The second kappa shape index (κ2) is 4.60. The van der Waals surface area contributed by atoms with Crippen molar-refractivity contribution in [3.8, 4) is 0 Å². The van der Waals surface area contributed by atoms with E-state index >= 15 is 0 Å². The summed E-state index contributed by atoms with van der Waals surface area (Å²) < 4.78 is 24.4. The van der Waals surface area contributed by atoms with E-state index in [1.54, 1.807) is 36.4 Å². The Kier molecular flexibility index (Phi) is 3.33. The topological polar surface area (TPSA) is 60.2 Å². The maximum Gasteiger partial charge on any atom is 0.199 e. The van der Waals surface area contributed by atoms with Gasteiger partial charge in [0, 0.05) is 4.88 Å². The molecule has 1 aromatic carbocycles. The molecule has 0 fully saturated rings. The summed E-state index contributed by atoms with van der Waals surface area (Å²) in [5, 5.41) is 0.838. The monoisotopic (exact) mass is 267 g/mol. The normalized spacial score (nSPS) is 13.5. The third-order valence-electron chi connectivity index (χ3n) is 2.51. The molecule has 1 unspecified atom stereocenters. The van der Waals surface area contributed by atoms with Crippen LogP contribution in [0.15, 0.2) is 46.7 Å². The van der Waals surface area contributed by atoms with Gasteiger partial charge in [-0.25, -0.2) is 8.42 Å². The van der Waals surface area contributed by atoms with E-state index < -0.39 is 15.2 Å². The van der Waals surface area contributed by atoms with Crippen LogP contribution in [-0.4, -0.2) is 8.42 Å². The molecule has 1 aromatic heterocycles. The summed E-state index contributed by atoms with van der Waals surface area (Å²) in [6.07, 6.45) is 0. The van der Waals surface area contributed by atoms with E-state index in [4.69, 9.17) is 5.73 Å². The summed E-state index contributed by atoms with van der Waals surface area (Å²) in [5.74, 6) is 0. The highest BCUT2D eigenvalue weighted by Crippen LogP contribution is 2.27. The van der Waals surface area contributed by atoms with Crippen LogP contribution in [-0.2, 0) is 9.84 Å². The molecule has 0 radical (unpaired) electrons. The van der Waals surface area contributed by atoms with Crippen LogP contribution in [0, 0.1) is 6.92 Å². The zero-order valence-corrected chi connectivity index (χ0v) is 11.0. The first-order chi connectivity index (χ1) is 8.01. The Morgan fingerprint density at radius 1 is 1.18 bits per heavy atom. The zero-order valence-electron chi connectivity index (χ0n) is 9.33. The van der Waals surface area contributed by atoms with Gasteiger partial charge in [0.2, 0.25) is 0 Å². The molecule has 0 amide bonds. The summed E-state index contributed by atoms with van der Waals surface area (Å²) in [7, 11) is -3.49. The van der Waals surface area contributed by atoms with E-state index in [1.807, 2.05) is 12.3 Å². The van der Waals surface area contributed by atoms with E-state index in [0.717, 1.165) is 5.56 Å². The molecule has 0 saturated heterocycles. The average Bonchev–Trinajstić information content (AvgIpc) is 2.82. The molecule has 0 saturated carbocycles. The third kappa shape index (κ3) is 2.41. The Labute approximate surface area is 105 Å². The van der Waals surface area contributed by atoms with E-state index in [2.05, 4.69) is 0 Å². The molecule has 1 atom stereocenters. The molecule has 90 valence electrons. The smallest absolute Gasteiger partial charge is 0.199 e. The van der Waals surface area contributed by atoms with Crippen LogP contribution < -0.4 is 5.73 Å². The van der Waals surface area contributed by atoms with Crippen LogP contribution in [0.25, 0.3) is 0 Å². The molecular weight excluding hydrogens is 254 g/mol. The van der Waals surface area contributed by atoms with E-state index in [-0.39, 0.29) is 4.90 Å². The Morgan fingerprint density at radius 2 is 1.82 bits per heavy atom. The lowest BCUT2D eigenvalue weighted by molar-refractivity contribution is 0.584. The van der Waals surface area contributed by atoms with Gasteiger partial charge >= 0.3 is 0 Å². The highest BCUT2D eigenvalue weighted by Gasteiger charge is 2.25. The number of thiophene rings is 1. The molecule has 0 aliphatic heterocycles. The molecular formula is C12H13NO2S2. The second-order valence-corrected chi connectivity index (χ2v) is 6.84. The van der Waals surface area contributed by atoms with Crippen LogP contribution in [0.5, 0.6) is 0 Å². The number of nitrogens with two attached hydrogens (primary N) is 1. The molecule has 0 aliphatic rings. The lowest BCUT2D eigenvalue weighted by atomic mass is 10.2. The van der Waals surface area contributed by atoms with Gasteiger partial charge in [0.25, 0.3) is 0 Å². The predicted octanol–water partition coefficient (Wildman–Crippen LogP) is 2.49. The van der Waals surface area contributed by atoms with Crippen molar-refractivity contribution in [3.63, 3.8) is 0 Å². The van der Waals surface area contributed by atoms with Gasteiger partial charge in [0.15, 0.2) is 9.84 Å². The van der Waals surface area contributed by atoms with Gasteiger partial charge in [-0.3, -0.25) is 0 Å². The molecule has 3 nitrogen and oxygen atoms in total. The van der Waals surface area contributed by atoms with E-state index in [1.165, 1.54) is 11.3 Å². The molecule has 2 aromatic rings. The van der Waals surface area contributed by atoms with Crippen molar-refractivity contribution in [2.75, 3.05) is 0 Å². The Hall–Kier alpha value is -1.17. The van der Waals surface area contributed by atoms with Gasteiger partial charge in [-0.05, 0) is 30.5 Å². The predicted molar refractivity (Wildman–Crippen MR) is 69.6 cm³/mol.